The molecule has 1 aromatic heterocycles. The van der Waals surface area contributed by atoms with Crippen LogP contribution in [0.2, 0.25) is 5.02 Å². The van der Waals surface area contributed by atoms with Gasteiger partial charge in [-0.25, -0.2) is 4.79 Å². The van der Waals surface area contributed by atoms with Crippen LogP contribution in [0.25, 0.3) is 21.8 Å². The van der Waals surface area contributed by atoms with Gasteiger partial charge in [0.2, 0.25) is 0 Å². The van der Waals surface area contributed by atoms with Gasteiger partial charge in [-0.15, -0.1) is 0 Å². The summed E-state index contributed by atoms with van der Waals surface area (Å²) in [7, 11) is 0. The van der Waals surface area contributed by atoms with Crippen LogP contribution in [0, 0.1) is 0 Å². The Bertz CT molecular complexity index is 1240. The molecule has 1 heterocycles. The molecule has 1 N–H and O–H groups in total. The average Bonchev–Trinajstić information content (AvgIpc) is 3.07. The molecule has 152 valence electrons. The van der Waals surface area contributed by atoms with Gasteiger partial charge in [0.05, 0.1) is 5.56 Å². The number of rotatable bonds is 5. The largest absolute Gasteiger partial charge is 0.449 e. The van der Waals surface area contributed by atoms with E-state index in [1.165, 1.54) is 0 Å². The number of aromatic nitrogens is 1. The number of nitrogens with zero attached hydrogens (tertiary/aromatic N) is 1. The van der Waals surface area contributed by atoms with Crippen LogP contribution >= 0.6 is 11.6 Å². The van der Waals surface area contributed by atoms with E-state index in [1.807, 2.05) is 30.3 Å². The van der Waals surface area contributed by atoms with E-state index in [0.717, 1.165) is 28.4 Å². The molecule has 0 aliphatic carbocycles. The van der Waals surface area contributed by atoms with Gasteiger partial charge >= 0.3 is 5.97 Å². The van der Waals surface area contributed by atoms with Crippen LogP contribution in [0.15, 0.2) is 66.7 Å². The molecular formula is C24H21ClN2O3. The molecule has 0 aliphatic rings. The Kier molecular flexibility index (Phi) is 5.46. The summed E-state index contributed by atoms with van der Waals surface area (Å²) >= 11 is 5.83. The van der Waals surface area contributed by atoms with E-state index in [2.05, 4.69) is 28.9 Å². The maximum atomic E-state index is 12.6. The van der Waals surface area contributed by atoms with Gasteiger partial charge in [0, 0.05) is 39.1 Å². The summed E-state index contributed by atoms with van der Waals surface area (Å²) in [6, 6.07) is 20.3. The van der Waals surface area contributed by atoms with E-state index in [-0.39, 0.29) is 0 Å². The summed E-state index contributed by atoms with van der Waals surface area (Å²) in [6.45, 7) is 4.51. The molecule has 0 bridgehead atoms. The Hall–Kier alpha value is -3.31. The molecular weight excluding hydrogens is 400 g/mol. The molecule has 0 saturated heterocycles. The predicted molar refractivity (Wildman–Crippen MR) is 120 cm³/mol. The molecule has 1 atom stereocenters. The second-order valence-electron chi connectivity index (χ2n) is 7.04. The Morgan fingerprint density at radius 1 is 1.00 bits per heavy atom. The number of nitrogens with one attached hydrogen (secondary N) is 1. The van der Waals surface area contributed by atoms with E-state index in [9.17, 15) is 9.59 Å². The van der Waals surface area contributed by atoms with Gasteiger partial charge < -0.3 is 14.6 Å². The van der Waals surface area contributed by atoms with E-state index in [4.69, 9.17) is 16.3 Å². The number of carbonyl (C=O) groups excluding carboxylic acids is 2. The lowest BCUT2D eigenvalue weighted by molar-refractivity contribution is -0.123. The number of carbonyl (C=O) groups is 2. The molecule has 1 amide bonds. The first-order chi connectivity index (χ1) is 14.5. The number of aryl methyl sites for hydroxylation is 1. The van der Waals surface area contributed by atoms with Crippen molar-refractivity contribution in [1.29, 1.82) is 0 Å². The van der Waals surface area contributed by atoms with Crippen molar-refractivity contribution in [3.05, 3.63) is 77.3 Å². The fourth-order valence-electron chi connectivity index (χ4n) is 3.58. The van der Waals surface area contributed by atoms with Crippen molar-refractivity contribution in [2.75, 3.05) is 5.32 Å². The SMILES string of the molecule is CCn1c2ccccc2c2cc(NC(=O)[C@@H](C)OC(=O)c3ccc(Cl)cc3)ccc21. The summed E-state index contributed by atoms with van der Waals surface area (Å²) in [5, 5.41) is 5.57. The summed E-state index contributed by atoms with van der Waals surface area (Å²) in [4.78, 5) is 24.8. The lowest BCUT2D eigenvalue weighted by Crippen LogP contribution is -2.30. The Balaban J connectivity index is 1.53. The number of fused-ring (bicyclic) bond motifs is 3. The third kappa shape index (κ3) is 3.76. The number of benzene rings is 3. The standard InChI is InChI=1S/C24H21ClN2O3/c1-3-27-21-7-5-4-6-19(21)20-14-18(12-13-22(20)27)26-23(28)15(2)30-24(29)16-8-10-17(25)11-9-16/h4-15H,3H2,1-2H3,(H,26,28)/t15-/m1/s1. The van der Waals surface area contributed by atoms with Crippen LogP contribution < -0.4 is 5.32 Å². The Labute approximate surface area is 179 Å². The fraction of sp³-hybridized carbons (Fsp3) is 0.167. The molecule has 3 aromatic carbocycles. The number of para-hydroxylation sites is 1. The van der Waals surface area contributed by atoms with Crippen LogP contribution in [0.4, 0.5) is 5.69 Å². The third-order valence-corrected chi connectivity index (χ3v) is 5.34. The monoisotopic (exact) mass is 420 g/mol. The van der Waals surface area contributed by atoms with Crippen LogP contribution in [0.5, 0.6) is 0 Å². The van der Waals surface area contributed by atoms with Crippen molar-refractivity contribution in [1.82, 2.24) is 4.57 Å². The van der Waals surface area contributed by atoms with Gasteiger partial charge in [-0.1, -0.05) is 29.8 Å². The molecule has 0 fully saturated rings. The first kappa shape index (κ1) is 20.0. The van der Waals surface area contributed by atoms with Crippen LogP contribution in [-0.4, -0.2) is 22.5 Å². The zero-order valence-corrected chi connectivity index (χ0v) is 17.4. The van der Waals surface area contributed by atoms with Crippen LogP contribution in [0.1, 0.15) is 24.2 Å². The minimum Gasteiger partial charge on any atom is -0.449 e. The number of esters is 1. The topological polar surface area (TPSA) is 60.3 Å². The molecule has 4 aromatic rings. The summed E-state index contributed by atoms with van der Waals surface area (Å²) < 4.78 is 7.53. The maximum absolute atomic E-state index is 12.6. The molecule has 0 unspecified atom stereocenters. The second-order valence-corrected chi connectivity index (χ2v) is 7.47. The zero-order valence-electron chi connectivity index (χ0n) is 16.7. The molecule has 6 heteroatoms. The lowest BCUT2D eigenvalue weighted by Gasteiger charge is -2.14. The highest BCUT2D eigenvalue weighted by molar-refractivity contribution is 6.30. The molecule has 0 aliphatic heterocycles. The number of hydrogen-bond donors (Lipinski definition) is 1. The maximum Gasteiger partial charge on any atom is 0.338 e. The number of halogens is 1. The molecule has 0 saturated carbocycles. The zero-order chi connectivity index (χ0) is 21.3. The summed E-state index contributed by atoms with van der Waals surface area (Å²) in [5.74, 6) is -0.966. The van der Waals surface area contributed by atoms with Crippen molar-refractivity contribution < 1.29 is 14.3 Å². The predicted octanol–water partition coefficient (Wildman–Crippen LogP) is 5.65. The Morgan fingerprint density at radius 3 is 2.43 bits per heavy atom. The fourth-order valence-corrected chi connectivity index (χ4v) is 3.71. The highest BCUT2D eigenvalue weighted by Crippen LogP contribution is 2.31. The minimum absolute atomic E-state index is 0.341. The molecule has 0 spiro atoms. The highest BCUT2D eigenvalue weighted by Gasteiger charge is 2.19. The number of anilines is 1. The number of amides is 1. The van der Waals surface area contributed by atoms with Crippen molar-refractivity contribution in [2.24, 2.45) is 0 Å². The molecule has 5 nitrogen and oxygen atoms in total. The van der Waals surface area contributed by atoms with E-state index >= 15 is 0 Å². The summed E-state index contributed by atoms with van der Waals surface area (Å²) in [5.41, 5.74) is 3.26. The van der Waals surface area contributed by atoms with Crippen LogP contribution in [0.3, 0.4) is 0 Å². The van der Waals surface area contributed by atoms with E-state index < -0.39 is 18.0 Å². The van der Waals surface area contributed by atoms with Crippen molar-refractivity contribution in [3.8, 4) is 0 Å². The van der Waals surface area contributed by atoms with Crippen molar-refractivity contribution >= 4 is 51.0 Å². The normalized spacial score (nSPS) is 12.1. The van der Waals surface area contributed by atoms with Gasteiger partial charge in [-0.2, -0.15) is 0 Å². The second kappa shape index (κ2) is 8.20. The van der Waals surface area contributed by atoms with Gasteiger partial charge in [-0.05, 0) is 62.4 Å². The van der Waals surface area contributed by atoms with Crippen LogP contribution in [-0.2, 0) is 16.1 Å². The quantitative estimate of drug-likeness (QED) is 0.424. The van der Waals surface area contributed by atoms with Gasteiger partial charge in [0.15, 0.2) is 6.10 Å². The van der Waals surface area contributed by atoms with E-state index in [0.29, 0.717) is 16.3 Å². The first-order valence-corrected chi connectivity index (χ1v) is 10.1. The number of hydrogen-bond acceptors (Lipinski definition) is 3. The first-order valence-electron chi connectivity index (χ1n) is 9.76. The van der Waals surface area contributed by atoms with E-state index in [1.54, 1.807) is 31.2 Å². The van der Waals surface area contributed by atoms with Gasteiger partial charge in [0.25, 0.3) is 5.91 Å². The Morgan fingerprint density at radius 2 is 1.70 bits per heavy atom. The smallest absolute Gasteiger partial charge is 0.338 e. The molecule has 4 rings (SSSR count). The minimum atomic E-state index is -0.944. The van der Waals surface area contributed by atoms with Gasteiger partial charge in [-0.3, -0.25) is 4.79 Å². The average molecular weight is 421 g/mol. The van der Waals surface area contributed by atoms with Crippen molar-refractivity contribution in [2.45, 2.75) is 26.5 Å². The van der Waals surface area contributed by atoms with Crippen molar-refractivity contribution in [3.63, 3.8) is 0 Å². The third-order valence-electron chi connectivity index (χ3n) is 5.09. The lowest BCUT2D eigenvalue weighted by atomic mass is 10.1. The molecule has 0 radical (unpaired) electrons. The number of ether oxygens (including phenoxy) is 1. The summed E-state index contributed by atoms with van der Waals surface area (Å²) in [6.07, 6.45) is -0.944. The van der Waals surface area contributed by atoms with Gasteiger partial charge in [0.1, 0.15) is 0 Å². The molecule has 30 heavy (non-hydrogen) atoms. The highest BCUT2D eigenvalue weighted by atomic mass is 35.5.